The molecule has 0 aliphatic carbocycles. The second kappa shape index (κ2) is 10.7. The highest BCUT2D eigenvalue weighted by Crippen LogP contribution is 2.31. The molecule has 0 N–H and O–H groups in total. The van der Waals surface area contributed by atoms with Crippen molar-refractivity contribution in [2.24, 2.45) is 0 Å². The minimum atomic E-state index is -0.0381. The Bertz CT molecular complexity index is 1230. The van der Waals surface area contributed by atoms with Crippen LogP contribution in [-0.4, -0.2) is 65.9 Å². The molecule has 2 saturated heterocycles. The summed E-state index contributed by atoms with van der Waals surface area (Å²) >= 11 is 6.25. The largest absolute Gasteiger partial charge is 0.368 e. The minimum Gasteiger partial charge on any atom is -0.368 e. The first-order valence-electron chi connectivity index (χ1n) is 12.6. The summed E-state index contributed by atoms with van der Waals surface area (Å²) in [7, 11) is 0. The number of rotatable bonds is 4. The van der Waals surface area contributed by atoms with Crippen LogP contribution >= 0.6 is 11.6 Å². The number of piperazine rings is 1. The van der Waals surface area contributed by atoms with Crippen molar-refractivity contribution in [2.45, 2.75) is 25.7 Å². The zero-order chi connectivity index (χ0) is 25.1. The number of halogens is 1. The number of anilines is 1. The molecule has 7 heteroatoms. The van der Waals surface area contributed by atoms with Gasteiger partial charge in [-0.25, -0.2) is 0 Å². The summed E-state index contributed by atoms with van der Waals surface area (Å²) in [5, 5.41) is 0.477. The highest BCUT2D eigenvalue weighted by atomic mass is 35.5. The quantitative estimate of drug-likeness (QED) is 0.502. The van der Waals surface area contributed by atoms with Crippen LogP contribution in [-0.2, 0) is 0 Å². The first-order chi connectivity index (χ1) is 17.5. The summed E-state index contributed by atoms with van der Waals surface area (Å²) in [4.78, 5) is 37.6. The lowest BCUT2D eigenvalue weighted by Gasteiger charge is -2.37. The predicted octanol–water partition coefficient (Wildman–Crippen LogP) is 5.03. The zero-order valence-corrected chi connectivity index (χ0v) is 21.3. The van der Waals surface area contributed by atoms with E-state index in [1.165, 1.54) is 5.69 Å². The Hall–Kier alpha value is -3.38. The van der Waals surface area contributed by atoms with Crippen molar-refractivity contribution in [3.63, 3.8) is 0 Å². The van der Waals surface area contributed by atoms with Gasteiger partial charge in [0.25, 0.3) is 11.8 Å². The summed E-state index contributed by atoms with van der Waals surface area (Å²) in [5.74, 6) is 0.161. The lowest BCUT2D eigenvalue weighted by atomic mass is 9.89. The molecule has 0 spiro atoms. The van der Waals surface area contributed by atoms with E-state index < -0.39 is 0 Å². The van der Waals surface area contributed by atoms with Gasteiger partial charge < -0.3 is 14.7 Å². The molecule has 0 saturated carbocycles. The Morgan fingerprint density at radius 2 is 1.36 bits per heavy atom. The maximum absolute atomic E-state index is 13.6. The average molecular weight is 503 g/mol. The molecule has 0 unspecified atom stereocenters. The molecule has 2 fully saturated rings. The SMILES string of the molecule is Cc1ccc(C(=O)N2CCN(c3ccccc3)CC2)c(C2CCN(C(=O)c3ccccc3Cl)CC2)n1. The third-order valence-corrected chi connectivity index (χ3v) is 7.59. The number of amides is 2. The topological polar surface area (TPSA) is 56.8 Å². The minimum absolute atomic E-state index is 0.0381. The van der Waals surface area contributed by atoms with Crippen LogP contribution in [0.2, 0.25) is 5.02 Å². The molecule has 36 heavy (non-hydrogen) atoms. The molecule has 2 aliphatic rings. The molecule has 0 radical (unpaired) electrons. The van der Waals surface area contributed by atoms with E-state index in [2.05, 4.69) is 17.0 Å². The second-order valence-electron chi connectivity index (χ2n) is 9.55. The number of aryl methyl sites for hydroxylation is 1. The van der Waals surface area contributed by atoms with Crippen LogP contribution in [0.5, 0.6) is 0 Å². The highest BCUT2D eigenvalue weighted by Gasteiger charge is 2.31. The molecule has 6 nitrogen and oxygen atoms in total. The summed E-state index contributed by atoms with van der Waals surface area (Å²) in [6, 6.07) is 21.4. The molecule has 1 aromatic heterocycles. The van der Waals surface area contributed by atoms with Crippen LogP contribution in [0.25, 0.3) is 0 Å². The second-order valence-corrected chi connectivity index (χ2v) is 9.95. The van der Waals surface area contributed by atoms with E-state index in [1.807, 2.05) is 59.2 Å². The van der Waals surface area contributed by atoms with E-state index in [9.17, 15) is 9.59 Å². The maximum atomic E-state index is 13.6. The van der Waals surface area contributed by atoms with Crippen molar-refractivity contribution >= 4 is 29.1 Å². The summed E-state index contributed by atoms with van der Waals surface area (Å²) in [5.41, 5.74) is 4.21. The Kier molecular flexibility index (Phi) is 7.23. The lowest BCUT2D eigenvalue weighted by Crippen LogP contribution is -2.49. The molecule has 0 bridgehead atoms. The van der Waals surface area contributed by atoms with Crippen LogP contribution in [0.1, 0.15) is 50.9 Å². The maximum Gasteiger partial charge on any atom is 0.255 e. The van der Waals surface area contributed by atoms with Gasteiger partial charge in [0.2, 0.25) is 0 Å². The number of benzene rings is 2. The third-order valence-electron chi connectivity index (χ3n) is 7.26. The van der Waals surface area contributed by atoms with Gasteiger partial charge in [-0.1, -0.05) is 41.9 Å². The molecular weight excluding hydrogens is 472 g/mol. The Balaban J connectivity index is 1.26. The number of aromatic nitrogens is 1. The van der Waals surface area contributed by atoms with Crippen LogP contribution in [0, 0.1) is 6.92 Å². The first kappa shape index (κ1) is 24.3. The van der Waals surface area contributed by atoms with Gasteiger partial charge in [0.05, 0.1) is 21.8 Å². The van der Waals surface area contributed by atoms with E-state index in [4.69, 9.17) is 16.6 Å². The van der Waals surface area contributed by atoms with Crippen molar-refractivity contribution in [1.82, 2.24) is 14.8 Å². The third kappa shape index (κ3) is 5.09. The molecule has 3 aromatic rings. The number of para-hydroxylation sites is 1. The molecule has 2 aromatic carbocycles. The fourth-order valence-electron chi connectivity index (χ4n) is 5.21. The zero-order valence-electron chi connectivity index (χ0n) is 20.6. The van der Waals surface area contributed by atoms with Crippen LogP contribution in [0.15, 0.2) is 66.7 Å². The fourth-order valence-corrected chi connectivity index (χ4v) is 5.42. The number of likely N-dealkylation sites (tertiary alicyclic amines) is 1. The number of nitrogens with zero attached hydrogens (tertiary/aromatic N) is 4. The van der Waals surface area contributed by atoms with Gasteiger partial charge in [-0.15, -0.1) is 0 Å². The van der Waals surface area contributed by atoms with Crippen LogP contribution in [0.4, 0.5) is 5.69 Å². The van der Waals surface area contributed by atoms with Gasteiger partial charge in [-0.2, -0.15) is 0 Å². The average Bonchev–Trinajstić information content (AvgIpc) is 2.93. The van der Waals surface area contributed by atoms with Gasteiger partial charge in [0.1, 0.15) is 0 Å². The molecule has 5 rings (SSSR count). The Labute approximate surface area is 217 Å². The summed E-state index contributed by atoms with van der Waals surface area (Å²) in [6.07, 6.45) is 1.55. The van der Waals surface area contributed by atoms with E-state index in [1.54, 1.807) is 12.1 Å². The number of hydrogen-bond acceptors (Lipinski definition) is 4. The van der Waals surface area contributed by atoms with Gasteiger partial charge in [0, 0.05) is 56.6 Å². The monoisotopic (exact) mass is 502 g/mol. The fraction of sp³-hybridized carbons (Fsp3) is 0.345. The van der Waals surface area contributed by atoms with Crippen molar-refractivity contribution in [3.05, 3.63) is 94.3 Å². The first-order valence-corrected chi connectivity index (χ1v) is 13.0. The number of piperidine rings is 1. The molecule has 2 aliphatic heterocycles. The van der Waals surface area contributed by atoms with Crippen molar-refractivity contribution in [3.8, 4) is 0 Å². The van der Waals surface area contributed by atoms with E-state index in [0.29, 0.717) is 42.3 Å². The van der Waals surface area contributed by atoms with Crippen molar-refractivity contribution in [1.29, 1.82) is 0 Å². The highest BCUT2D eigenvalue weighted by molar-refractivity contribution is 6.33. The van der Waals surface area contributed by atoms with E-state index >= 15 is 0 Å². The number of carbonyl (C=O) groups excluding carboxylic acids is 2. The summed E-state index contributed by atoms with van der Waals surface area (Å²) < 4.78 is 0. The summed E-state index contributed by atoms with van der Waals surface area (Å²) in [6.45, 7) is 6.20. The number of carbonyl (C=O) groups is 2. The van der Waals surface area contributed by atoms with Gasteiger partial charge in [-0.05, 0) is 56.2 Å². The normalized spacial score (nSPS) is 16.8. The molecule has 0 atom stereocenters. The standard InChI is InChI=1S/C29H31ClN4O2/c1-21-11-12-25(29(36)34-19-17-32(18-20-34)23-7-3-2-4-8-23)27(31-21)22-13-15-33(16-14-22)28(35)24-9-5-6-10-26(24)30/h2-12,22H,13-20H2,1H3. The lowest BCUT2D eigenvalue weighted by molar-refractivity contribution is 0.0702. The van der Waals surface area contributed by atoms with Crippen molar-refractivity contribution < 1.29 is 9.59 Å². The van der Waals surface area contributed by atoms with Gasteiger partial charge in [-0.3, -0.25) is 14.6 Å². The van der Waals surface area contributed by atoms with Gasteiger partial charge in [0.15, 0.2) is 0 Å². The van der Waals surface area contributed by atoms with Crippen molar-refractivity contribution in [2.75, 3.05) is 44.2 Å². The molecule has 3 heterocycles. The van der Waals surface area contributed by atoms with Gasteiger partial charge >= 0.3 is 0 Å². The molecule has 186 valence electrons. The smallest absolute Gasteiger partial charge is 0.255 e. The number of pyridine rings is 1. The number of hydrogen-bond donors (Lipinski definition) is 0. The predicted molar refractivity (Wildman–Crippen MR) is 143 cm³/mol. The van der Waals surface area contributed by atoms with E-state index in [0.717, 1.165) is 37.3 Å². The van der Waals surface area contributed by atoms with E-state index in [-0.39, 0.29) is 17.7 Å². The Morgan fingerprint density at radius 1 is 0.750 bits per heavy atom. The molecular formula is C29H31ClN4O2. The van der Waals surface area contributed by atoms with Crippen LogP contribution < -0.4 is 4.90 Å². The molecule has 2 amide bonds. The Morgan fingerprint density at radius 3 is 2.06 bits per heavy atom. The van der Waals surface area contributed by atoms with Crippen LogP contribution in [0.3, 0.4) is 0 Å².